The van der Waals surface area contributed by atoms with Crippen molar-refractivity contribution in [2.24, 2.45) is 35.1 Å². The highest BCUT2D eigenvalue weighted by atomic mass is 16.6. The molecule has 3 heterocycles. The number of carboxylic acids is 1. The van der Waals surface area contributed by atoms with Crippen molar-refractivity contribution in [2.45, 2.75) is 111 Å². The number of epoxide rings is 2. The molecule has 0 unspecified atom stereocenters. The zero-order valence-electron chi connectivity index (χ0n) is 44.5. The van der Waals surface area contributed by atoms with Crippen LogP contribution in [0.15, 0.2) is 182 Å². The smallest absolute Gasteiger partial charge is 0.320 e. The third kappa shape index (κ3) is 33.0. The van der Waals surface area contributed by atoms with Gasteiger partial charge in [0.25, 0.3) is 0 Å². The Morgan fingerprint density at radius 1 is 0.507 bits per heavy atom. The summed E-state index contributed by atoms with van der Waals surface area (Å²) >= 11 is 0. The number of carbonyl (C=O) groups excluding carboxylic acids is 1. The summed E-state index contributed by atoms with van der Waals surface area (Å²) in [4.78, 5) is 20.7. The lowest BCUT2D eigenvalue weighted by atomic mass is 9.99. The maximum absolute atomic E-state index is 10.4. The number of rotatable bonds is 18. The molecule has 0 radical (unpaired) electrons. The van der Waals surface area contributed by atoms with Crippen LogP contribution in [0.1, 0.15) is 81.3 Å². The molecule has 8 atom stereocenters. The summed E-state index contributed by atoms with van der Waals surface area (Å²) in [5, 5.41) is 26.0. The first-order valence-corrected chi connectivity index (χ1v) is 26.4. The Balaban J connectivity index is 0.000000302. The van der Waals surface area contributed by atoms with Gasteiger partial charge in [-0.1, -0.05) is 217 Å². The van der Waals surface area contributed by atoms with Gasteiger partial charge in [-0.25, -0.2) is 0 Å². The molecule has 0 aliphatic carbocycles. The van der Waals surface area contributed by atoms with Gasteiger partial charge in [0, 0.05) is 31.8 Å². The lowest BCUT2D eigenvalue weighted by Gasteiger charge is -2.06. The van der Waals surface area contributed by atoms with Gasteiger partial charge in [0.2, 0.25) is 0 Å². The predicted molar refractivity (Wildman–Crippen MR) is 308 cm³/mol. The number of benzene rings is 6. The predicted octanol–water partition coefficient (Wildman–Crippen LogP) is 11.1. The van der Waals surface area contributed by atoms with E-state index in [0.29, 0.717) is 36.4 Å². The number of aldehydes is 1. The summed E-state index contributed by atoms with van der Waals surface area (Å²) in [5.41, 5.74) is 18.4. The van der Waals surface area contributed by atoms with E-state index in [4.69, 9.17) is 41.0 Å². The Labute approximate surface area is 450 Å². The molecule has 0 amide bonds. The van der Waals surface area contributed by atoms with Crippen molar-refractivity contribution < 1.29 is 39.1 Å². The summed E-state index contributed by atoms with van der Waals surface area (Å²) in [6.45, 7) is 12.7. The van der Waals surface area contributed by atoms with E-state index >= 15 is 0 Å². The largest absolute Gasteiger partial charge is 0.480 e. The fourth-order valence-corrected chi connectivity index (χ4v) is 7.56. The van der Waals surface area contributed by atoms with Crippen molar-refractivity contribution in [3.63, 3.8) is 0 Å². The minimum Gasteiger partial charge on any atom is -0.480 e. The van der Waals surface area contributed by atoms with Crippen molar-refractivity contribution in [3.05, 3.63) is 215 Å². The van der Waals surface area contributed by atoms with Gasteiger partial charge in [0.1, 0.15) is 12.3 Å². The standard InChI is InChI=1S/2C11H14O.C10H14O.C10H12O.C9H11NO2.C9H13NO.C4H8O.CH4/c2*1-9(11-8-12-11)7-10-5-3-2-4-6-10;2*1-9(8-11)7-10-5-3-2-4-6-10;10-8(9(11)12)6-7-4-2-1-3-5-7;10-9(7-11)6-8-4-2-1-3-5-8;1-2-4-5-3-1;/h2*2-6,9,11H,7-8H2,1H3;2-6,9,11H,7-8H2,1H3;2-6,8-9H,7H2,1H3;1-5,8H,6,10H2,(H,11,12);1-5,9,11H,6-7,10H2;1-4H2;1H4/t2*9-,11+;2*9-;8-;9-;;/m000000../s1. The minimum absolute atomic E-state index is 0. The fraction of sp³-hybridized carbons (Fsp3) is 0.415. The minimum atomic E-state index is -0.959. The van der Waals surface area contributed by atoms with Gasteiger partial charge in [-0.3, -0.25) is 4.79 Å². The van der Waals surface area contributed by atoms with Crippen molar-refractivity contribution in [1.29, 1.82) is 0 Å². The van der Waals surface area contributed by atoms with Crippen LogP contribution in [-0.2, 0) is 62.3 Å². The van der Waals surface area contributed by atoms with E-state index in [-0.39, 0.29) is 32.6 Å². The Kier molecular flexibility index (Phi) is 35.2. The molecule has 408 valence electrons. The van der Waals surface area contributed by atoms with Crippen LogP contribution in [0.5, 0.6) is 0 Å². The summed E-state index contributed by atoms with van der Waals surface area (Å²) in [6, 6.07) is 59.8. The molecule has 0 bridgehead atoms. The van der Waals surface area contributed by atoms with Crippen molar-refractivity contribution in [1.82, 2.24) is 0 Å². The summed E-state index contributed by atoms with van der Waals surface area (Å²) in [6.07, 6.45) is 9.86. The molecule has 0 aromatic heterocycles. The normalized spacial score (nSPS) is 16.7. The van der Waals surface area contributed by atoms with Gasteiger partial charge < -0.3 is 45.8 Å². The summed E-state index contributed by atoms with van der Waals surface area (Å²) in [7, 11) is 0. The second-order valence-corrected chi connectivity index (χ2v) is 19.4. The molecule has 9 rings (SSSR count). The maximum Gasteiger partial charge on any atom is 0.320 e. The van der Waals surface area contributed by atoms with E-state index in [1.807, 2.05) is 123 Å². The highest BCUT2D eigenvalue weighted by Gasteiger charge is 2.29. The number of hydrogen-bond acceptors (Lipinski definition) is 9. The number of aliphatic hydroxyl groups excluding tert-OH is 2. The monoisotopic (exact) mass is 1030 g/mol. The van der Waals surface area contributed by atoms with Gasteiger partial charge in [-0.2, -0.15) is 0 Å². The zero-order chi connectivity index (χ0) is 53.6. The number of carboxylic acid groups (broad SMARTS) is 1. The molecule has 7 N–H and O–H groups in total. The van der Waals surface area contributed by atoms with Gasteiger partial charge in [0.15, 0.2) is 0 Å². The van der Waals surface area contributed by atoms with Crippen LogP contribution in [-0.4, -0.2) is 91.5 Å². The van der Waals surface area contributed by atoms with Crippen LogP contribution in [0, 0.1) is 23.7 Å². The van der Waals surface area contributed by atoms with Gasteiger partial charge in [0.05, 0.1) is 32.0 Å². The molecule has 3 saturated heterocycles. The second kappa shape index (κ2) is 40.5. The molecule has 3 aliphatic rings. The molecule has 3 aliphatic heterocycles. The lowest BCUT2D eigenvalue weighted by Crippen LogP contribution is -2.32. The van der Waals surface area contributed by atoms with E-state index in [1.54, 1.807) is 0 Å². The number of aliphatic carboxylic acids is 1. The fourth-order valence-electron chi connectivity index (χ4n) is 7.56. The van der Waals surface area contributed by atoms with E-state index in [1.165, 1.54) is 40.7 Å². The van der Waals surface area contributed by atoms with Gasteiger partial charge in [-0.15, -0.1) is 0 Å². The quantitative estimate of drug-likeness (QED) is 0.0411. The zero-order valence-corrected chi connectivity index (χ0v) is 44.5. The van der Waals surface area contributed by atoms with Crippen LogP contribution in [0.4, 0.5) is 0 Å². The van der Waals surface area contributed by atoms with Crippen molar-refractivity contribution in [3.8, 4) is 0 Å². The molecule has 6 aromatic carbocycles. The number of ether oxygens (including phenoxy) is 3. The number of aliphatic hydroxyl groups is 2. The average molecular weight is 1030 g/mol. The van der Waals surface area contributed by atoms with Crippen molar-refractivity contribution in [2.75, 3.05) is 39.6 Å². The molecule has 10 heteroatoms. The Hall–Kier alpha value is -5.82. The van der Waals surface area contributed by atoms with Crippen LogP contribution < -0.4 is 11.5 Å². The highest BCUT2D eigenvalue weighted by molar-refractivity contribution is 5.73. The Bertz CT molecular complexity index is 2140. The first-order valence-electron chi connectivity index (χ1n) is 26.4. The molecule has 10 nitrogen and oxygen atoms in total. The lowest BCUT2D eigenvalue weighted by molar-refractivity contribution is -0.138. The average Bonchev–Trinajstić information content (AvgIpc) is 4.39. The van der Waals surface area contributed by atoms with E-state index in [0.717, 1.165) is 70.4 Å². The van der Waals surface area contributed by atoms with E-state index < -0.39 is 12.0 Å². The van der Waals surface area contributed by atoms with Crippen LogP contribution >= 0.6 is 0 Å². The van der Waals surface area contributed by atoms with Crippen LogP contribution in [0.3, 0.4) is 0 Å². The number of carbonyl (C=O) groups is 2. The first-order chi connectivity index (χ1) is 35.9. The van der Waals surface area contributed by atoms with Crippen molar-refractivity contribution >= 4 is 12.3 Å². The molecule has 0 saturated carbocycles. The summed E-state index contributed by atoms with van der Waals surface area (Å²) in [5.74, 6) is 0.897. The third-order valence-electron chi connectivity index (χ3n) is 12.2. The maximum atomic E-state index is 10.4. The molecular formula is C65H90N2O8. The summed E-state index contributed by atoms with van der Waals surface area (Å²) < 4.78 is 15.4. The molecule has 0 spiro atoms. The Morgan fingerprint density at radius 2 is 0.813 bits per heavy atom. The SMILES string of the molecule is C.C1CCOC1.C[C@@H](Cc1ccccc1)[C@H]1CO1.C[C@@H](Cc1ccccc1)[C@H]1CO1.C[C@H](C=O)Cc1ccccc1.C[C@H](CO)Cc1ccccc1.N[C@@H](Cc1ccccc1)C(=O)O.N[C@H](CO)Cc1ccccc1. The second-order valence-electron chi connectivity index (χ2n) is 19.4. The van der Waals surface area contributed by atoms with Gasteiger partial charge >= 0.3 is 5.97 Å². The molecule has 6 aromatic rings. The van der Waals surface area contributed by atoms with Crippen LogP contribution in [0.25, 0.3) is 0 Å². The number of hydrogen-bond donors (Lipinski definition) is 5. The topological polar surface area (TPSA) is 181 Å². The third-order valence-corrected chi connectivity index (χ3v) is 12.2. The molecule has 3 fully saturated rings. The number of nitrogens with two attached hydrogens (primary N) is 2. The highest BCUT2D eigenvalue weighted by Crippen LogP contribution is 2.24. The van der Waals surface area contributed by atoms with Gasteiger partial charge in [-0.05, 0) is 103 Å². The first kappa shape index (κ1) is 65.3. The molecule has 75 heavy (non-hydrogen) atoms. The Morgan fingerprint density at radius 3 is 1.08 bits per heavy atom. The van der Waals surface area contributed by atoms with E-state index in [2.05, 4.69) is 86.6 Å². The van der Waals surface area contributed by atoms with Crippen LogP contribution in [0.2, 0.25) is 0 Å². The van der Waals surface area contributed by atoms with E-state index in [9.17, 15) is 9.59 Å². The molecular weight excluding hydrogens is 937 g/mol.